The van der Waals surface area contributed by atoms with Crippen molar-refractivity contribution in [3.63, 3.8) is 0 Å². The van der Waals surface area contributed by atoms with Gasteiger partial charge in [0.25, 0.3) is 5.91 Å². The largest absolute Gasteiger partial charge is 0.454 e. The molecule has 8 heteroatoms. The summed E-state index contributed by atoms with van der Waals surface area (Å²) in [7, 11) is 2.17. The van der Waals surface area contributed by atoms with Gasteiger partial charge in [-0.15, -0.1) is 11.3 Å². The molecule has 0 aliphatic carbocycles. The lowest BCUT2D eigenvalue weighted by Gasteiger charge is -2.33. The summed E-state index contributed by atoms with van der Waals surface area (Å²) in [5, 5.41) is 0. The van der Waals surface area contributed by atoms with Crippen LogP contribution < -0.4 is 9.47 Å². The molecular formula is C24H28N4O3S. The third kappa shape index (κ3) is 4.72. The number of likely N-dealkylation sites (N-methyl/N-ethyl adjacent to an activating group) is 1. The smallest absolute Gasteiger partial charge is 0.254 e. The summed E-state index contributed by atoms with van der Waals surface area (Å²) >= 11 is 1.56. The van der Waals surface area contributed by atoms with Crippen LogP contribution >= 0.6 is 11.3 Å². The number of carbonyl (C=O) groups is 1. The fourth-order valence-electron chi connectivity index (χ4n) is 4.24. The molecule has 0 saturated carbocycles. The molecule has 3 heterocycles. The number of thiazole rings is 1. The van der Waals surface area contributed by atoms with Crippen LogP contribution in [0.1, 0.15) is 22.3 Å². The summed E-state index contributed by atoms with van der Waals surface area (Å²) in [4.78, 5) is 24.6. The predicted molar refractivity (Wildman–Crippen MR) is 125 cm³/mol. The zero-order valence-corrected chi connectivity index (χ0v) is 19.1. The number of nitrogens with zero attached hydrogens (tertiary/aromatic N) is 4. The van der Waals surface area contributed by atoms with Crippen LogP contribution in [0.15, 0.2) is 41.9 Å². The van der Waals surface area contributed by atoms with Crippen molar-refractivity contribution in [1.29, 1.82) is 0 Å². The van der Waals surface area contributed by atoms with Crippen molar-refractivity contribution < 1.29 is 14.3 Å². The molecule has 1 amide bonds. The average Bonchev–Trinajstić information content (AvgIpc) is 3.47. The summed E-state index contributed by atoms with van der Waals surface area (Å²) in [6, 6.07) is 11.7. The van der Waals surface area contributed by atoms with Gasteiger partial charge in [0.2, 0.25) is 6.79 Å². The molecule has 0 N–H and O–H groups in total. The van der Waals surface area contributed by atoms with Crippen molar-refractivity contribution in [2.24, 2.45) is 0 Å². The van der Waals surface area contributed by atoms with Gasteiger partial charge in [0.1, 0.15) is 0 Å². The van der Waals surface area contributed by atoms with Gasteiger partial charge >= 0.3 is 0 Å². The van der Waals surface area contributed by atoms with Crippen LogP contribution in [0, 0.1) is 0 Å². The van der Waals surface area contributed by atoms with Gasteiger partial charge in [-0.1, -0.05) is 6.07 Å². The Morgan fingerprint density at radius 1 is 1.09 bits per heavy atom. The molecule has 32 heavy (non-hydrogen) atoms. The predicted octanol–water partition coefficient (Wildman–Crippen LogP) is 3.30. The Morgan fingerprint density at radius 2 is 1.94 bits per heavy atom. The number of amides is 1. The number of carbonyl (C=O) groups excluding carboxylic acids is 1. The van der Waals surface area contributed by atoms with E-state index < -0.39 is 0 Å². The van der Waals surface area contributed by atoms with Gasteiger partial charge in [-0.25, -0.2) is 4.98 Å². The fourth-order valence-corrected chi connectivity index (χ4v) is 4.96. The van der Waals surface area contributed by atoms with Gasteiger partial charge in [-0.2, -0.15) is 0 Å². The molecule has 0 bridgehead atoms. The Kier molecular flexibility index (Phi) is 6.25. The molecule has 0 radical (unpaired) electrons. The fraction of sp³-hybridized carbons (Fsp3) is 0.417. The molecule has 2 aromatic carbocycles. The minimum Gasteiger partial charge on any atom is -0.454 e. The Morgan fingerprint density at radius 3 is 2.81 bits per heavy atom. The quantitative estimate of drug-likeness (QED) is 0.548. The number of hydrogen-bond acceptors (Lipinski definition) is 7. The normalized spacial score (nSPS) is 16.5. The van der Waals surface area contributed by atoms with Crippen LogP contribution in [0.25, 0.3) is 10.2 Å². The summed E-state index contributed by atoms with van der Waals surface area (Å²) in [6.45, 7) is 6.90. The van der Waals surface area contributed by atoms with Crippen LogP contribution in [0.4, 0.5) is 0 Å². The third-order valence-corrected chi connectivity index (χ3v) is 6.97. The Hall–Kier alpha value is -2.68. The van der Waals surface area contributed by atoms with Crippen molar-refractivity contribution >= 4 is 27.5 Å². The van der Waals surface area contributed by atoms with E-state index in [0.29, 0.717) is 18.7 Å². The molecule has 1 saturated heterocycles. The second-order valence-electron chi connectivity index (χ2n) is 8.45. The Bertz CT molecular complexity index is 1090. The lowest BCUT2D eigenvalue weighted by Crippen LogP contribution is -2.45. The van der Waals surface area contributed by atoms with Crippen LogP contribution in [0.3, 0.4) is 0 Å². The highest BCUT2D eigenvalue weighted by molar-refractivity contribution is 7.16. The lowest BCUT2D eigenvalue weighted by molar-refractivity contribution is 0.0729. The first-order chi connectivity index (χ1) is 15.7. The maximum Gasteiger partial charge on any atom is 0.254 e. The highest BCUT2D eigenvalue weighted by Crippen LogP contribution is 2.33. The maximum absolute atomic E-state index is 13.5. The zero-order chi connectivity index (χ0) is 21.9. The number of ether oxygens (including phenoxy) is 2. The van der Waals surface area contributed by atoms with Crippen LogP contribution in [0.5, 0.6) is 11.5 Å². The number of piperazine rings is 1. The standard InChI is InChI=1S/C24H28N4O3S/c1-26-9-11-27(12-10-26)7-2-8-28(15-18-3-6-21-22(13-18)31-17-30-21)24(29)19-4-5-20-23(14-19)32-16-25-20/h3-6,13-14,16H,2,7-12,15,17H2,1H3. The first kappa shape index (κ1) is 21.2. The van der Waals surface area contributed by atoms with Gasteiger partial charge in [-0.3, -0.25) is 4.79 Å². The van der Waals surface area contributed by atoms with Crippen LogP contribution in [-0.4, -0.2) is 78.7 Å². The molecule has 1 fully saturated rings. The van der Waals surface area contributed by atoms with E-state index in [2.05, 4.69) is 21.8 Å². The summed E-state index contributed by atoms with van der Waals surface area (Å²) < 4.78 is 12.0. The average molecular weight is 453 g/mol. The minimum absolute atomic E-state index is 0.0522. The number of fused-ring (bicyclic) bond motifs is 2. The maximum atomic E-state index is 13.5. The summed E-state index contributed by atoms with van der Waals surface area (Å²) in [6.07, 6.45) is 0.947. The minimum atomic E-state index is 0.0522. The van der Waals surface area contributed by atoms with Gasteiger partial charge in [0, 0.05) is 44.8 Å². The molecule has 1 aromatic heterocycles. The molecule has 168 valence electrons. The van der Waals surface area contributed by atoms with Gasteiger partial charge in [0.05, 0.1) is 15.7 Å². The third-order valence-electron chi connectivity index (χ3n) is 6.17. The van der Waals surface area contributed by atoms with Crippen molar-refractivity contribution in [3.8, 4) is 11.5 Å². The molecular weight excluding hydrogens is 424 g/mol. The molecule has 3 aromatic rings. The Labute approximate surface area is 192 Å². The SMILES string of the molecule is CN1CCN(CCCN(Cc2ccc3c(c2)OCO3)C(=O)c2ccc3ncsc3c2)CC1. The van der Waals surface area contributed by atoms with Crippen molar-refractivity contribution in [1.82, 2.24) is 19.7 Å². The second-order valence-corrected chi connectivity index (χ2v) is 9.33. The van der Waals surface area contributed by atoms with E-state index in [-0.39, 0.29) is 12.7 Å². The number of rotatable bonds is 7. The molecule has 7 nitrogen and oxygen atoms in total. The van der Waals surface area contributed by atoms with E-state index in [1.165, 1.54) is 0 Å². The van der Waals surface area contributed by atoms with Crippen molar-refractivity contribution in [2.75, 3.05) is 53.1 Å². The zero-order valence-electron chi connectivity index (χ0n) is 18.3. The van der Waals surface area contributed by atoms with Gasteiger partial charge < -0.3 is 24.2 Å². The van der Waals surface area contributed by atoms with Crippen LogP contribution in [0.2, 0.25) is 0 Å². The number of aromatic nitrogens is 1. The van der Waals surface area contributed by atoms with Gasteiger partial charge in [-0.05, 0) is 55.9 Å². The van der Waals surface area contributed by atoms with Crippen molar-refractivity contribution in [3.05, 3.63) is 53.0 Å². The van der Waals surface area contributed by atoms with E-state index in [1.54, 1.807) is 11.3 Å². The molecule has 0 unspecified atom stereocenters. The van der Waals surface area contributed by atoms with E-state index >= 15 is 0 Å². The van der Waals surface area contributed by atoms with Gasteiger partial charge in [0.15, 0.2) is 11.5 Å². The van der Waals surface area contributed by atoms with E-state index in [0.717, 1.165) is 66.4 Å². The second kappa shape index (κ2) is 9.44. The summed E-state index contributed by atoms with van der Waals surface area (Å²) in [5.74, 6) is 1.56. The van der Waals surface area contributed by atoms with Crippen LogP contribution in [-0.2, 0) is 6.54 Å². The van der Waals surface area contributed by atoms with E-state index in [4.69, 9.17) is 9.47 Å². The van der Waals surface area contributed by atoms with E-state index in [1.807, 2.05) is 46.8 Å². The highest BCUT2D eigenvalue weighted by Gasteiger charge is 2.20. The first-order valence-corrected chi connectivity index (χ1v) is 12.0. The number of hydrogen-bond donors (Lipinski definition) is 0. The monoisotopic (exact) mass is 452 g/mol. The van der Waals surface area contributed by atoms with Crippen molar-refractivity contribution in [2.45, 2.75) is 13.0 Å². The molecule has 2 aliphatic rings. The first-order valence-electron chi connectivity index (χ1n) is 11.1. The molecule has 0 atom stereocenters. The Balaban J connectivity index is 1.30. The summed E-state index contributed by atoms with van der Waals surface area (Å²) in [5.41, 5.74) is 4.51. The molecule has 0 spiro atoms. The topological polar surface area (TPSA) is 58.1 Å². The highest BCUT2D eigenvalue weighted by atomic mass is 32.1. The molecule has 2 aliphatic heterocycles. The number of benzene rings is 2. The lowest BCUT2D eigenvalue weighted by atomic mass is 10.1. The van der Waals surface area contributed by atoms with E-state index in [9.17, 15) is 4.79 Å². The molecule has 5 rings (SSSR count).